The molecular formula is C20H29N3O4S. The zero-order valence-corrected chi connectivity index (χ0v) is 18.2. The van der Waals surface area contributed by atoms with Gasteiger partial charge in [-0.3, -0.25) is 0 Å². The zero-order valence-electron chi connectivity index (χ0n) is 17.4. The first-order valence-corrected chi connectivity index (χ1v) is 10.7. The Morgan fingerprint density at radius 3 is 2.00 bits per heavy atom. The lowest BCUT2D eigenvalue weighted by molar-refractivity contribution is -0.140. The largest absolute Gasteiger partial charge is 0.462 e. The standard InChI is InChI=1S/C20H29N3O4S/c1-7-9-26-18(24)15-12(3)22-13(4)16(19(25)27-10-8-2)17(15)14-11-21-20(28-6)23(14)5/h11,17,22H,7-10H2,1-6H3. The highest BCUT2D eigenvalue weighted by Gasteiger charge is 2.39. The van der Waals surface area contributed by atoms with Gasteiger partial charge in [0.15, 0.2) is 5.16 Å². The molecule has 2 heterocycles. The van der Waals surface area contributed by atoms with Crippen molar-refractivity contribution in [2.45, 2.75) is 51.6 Å². The number of hydrogen-bond acceptors (Lipinski definition) is 7. The Morgan fingerprint density at radius 2 is 1.61 bits per heavy atom. The molecule has 1 aromatic rings. The monoisotopic (exact) mass is 407 g/mol. The lowest BCUT2D eigenvalue weighted by Gasteiger charge is -2.30. The highest BCUT2D eigenvalue weighted by molar-refractivity contribution is 7.98. The van der Waals surface area contributed by atoms with Crippen LogP contribution in [-0.4, -0.2) is 41.0 Å². The molecule has 2 rings (SSSR count). The van der Waals surface area contributed by atoms with Gasteiger partial charge in [0.2, 0.25) is 0 Å². The van der Waals surface area contributed by atoms with E-state index in [2.05, 4.69) is 10.3 Å². The fourth-order valence-corrected chi connectivity index (χ4v) is 3.78. The molecule has 7 nitrogen and oxygen atoms in total. The van der Waals surface area contributed by atoms with Crippen LogP contribution >= 0.6 is 11.8 Å². The smallest absolute Gasteiger partial charge is 0.336 e. The number of imidazole rings is 1. The van der Waals surface area contributed by atoms with Crippen LogP contribution in [0.2, 0.25) is 0 Å². The fraction of sp³-hybridized carbons (Fsp3) is 0.550. The fourth-order valence-electron chi connectivity index (χ4n) is 3.24. The number of aromatic nitrogens is 2. The van der Waals surface area contributed by atoms with Crippen LogP contribution in [-0.2, 0) is 26.1 Å². The average molecular weight is 408 g/mol. The highest BCUT2D eigenvalue weighted by atomic mass is 32.2. The Hall–Kier alpha value is -2.22. The molecule has 0 saturated carbocycles. The third-order valence-corrected chi connectivity index (χ3v) is 5.28. The van der Waals surface area contributed by atoms with E-state index in [4.69, 9.17) is 9.47 Å². The van der Waals surface area contributed by atoms with Gasteiger partial charge in [-0.2, -0.15) is 0 Å². The van der Waals surface area contributed by atoms with Crippen LogP contribution in [0.4, 0.5) is 0 Å². The molecule has 0 saturated heterocycles. The van der Waals surface area contributed by atoms with Crippen molar-refractivity contribution in [2.75, 3.05) is 19.5 Å². The molecule has 28 heavy (non-hydrogen) atoms. The quantitative estimate of drug-likeness (QED) is 0.523. The van der Waals surface area contributed by atoms with Crippen molar-refractivity contribution < 1.29 is 19.1 Å². The van der Waals surface area contributed by atoms with Crippen LogP contribution in [0.1, 0.15) is 52.1 Å². The Labute approximate surface area is 170 Å². The molecule has 0 aromatic carbocycles. The molecular weight excluding hydrogens is 378 g/mol. The molecule has 0 bridgehead atoms. The first-order valence-electron chi connectivity index (χ1n) is 9.45. The molecule has 1 N–H and O–H groups in total. The molecule has 0 atom stereocenters. The molecule has 0 fully saturated rings. The minimum absolute atomic E-state index is 0.322. The van der Waals surface area contributed by atoms with E-state index in [9.17, 15) is 9.59 Å². The molecule has 0 unspecified atom stereocenters. The second-order valence-corrected chi connectivity index (χ2v) is 7.41. The van der Waals surface area contributed by atoms with Crippen molar-refractivity contribution in [2.24, 2.45) is 7.05 Å². The van der Waals surface area contributed by atoms with Gasteiger partial charge < -0.3 is 19.4 Å². The lowest BCUT2D eigenvalue weighted by Crippen LogP contribution is -2.33. The van der Waals surface area contributed by atoms with Crippen LogP contribution in [0, 0.1) is 0 Å². The molecule has 154 valence electrons. The summed E-state index contributed by atoms with van der Waals surface area (Å²) in [5.74, 6) is -1.47. The van der Waals surface area contributed by atoms with Crippen molar-refractivity contribution in [1.29, 1.82) is 0 Å². The summed E-state index contributed by atoms with van der Waals surface area (Å²) in [6.45, 7) is 8.16. The Balaban J connectivity index is 2.60. The van der Waals surface area contributed by atoms with E-state index in [1.54, 1.807) is 6.20 Å². The summed E-state index contributed by atoms with van der Waals surface area (Å²) in [5.41, 5.74) is 2.91. The summed E-state index contributed by atoms with van der Waals surface area (Å²) in [7, 11) is 1.88. The van der Waals surface area contributed by atoms with Crippen LogP contribution in [0.15, 0.2) is 33.9 Å². The zero-order chi connectivity index (χ0) is 20.8. The van der Waals surface area contributed by atoms with Gasteiger partial charge in [-0.15, -0.1) is 0 Å². The topological polar surface area (TPSA) is 82.4 Å². The Bertz CT molecular complexity index is 768. The van der Waals surface area contributed by atoms with E-state index in [1.165, 1.54) is 11.8 Å². The van der Waals surface area contributed by atoms with E-state index in [0.717, 1.165) is 23.7 Å². The molecule has 1 aliphatic rings. The average Bonchev–Trinajstić information content (AvgIpc) is 3.03. The molecule has 0 aliphatic carbocycles. The van der Waals surface area contributed by atoms with Crippen molar-refractivity contribution in [3.63, 3.8) is 0 Å². The van der Waals surface area contributed by atoms with Crippen molar-refractivity contribution in [3.05, 3.63) is 34.4 Å². The number of allylic oxidation sites excluding steroid dienone is 2. The van der Waals surface area contributed by atoms with Crippen molar-refractivity contribution in [3.8, 4) is 0 Å². The SMILES string of the molecule is CCCOC(=O)C1=C(C)NC(C)=C(C(=O)OCCC)C1c1cnc(SC)n1C. The minimum atomic E-state index is -0.603. The van der Waals surface area contributed by atoms with Gasteiger partial charge >= 0.3 is 11.9 Å². The summed E-state index contributed by atoms with van der Waals surface area (Å²) in [5, 5.41) is 3.95. The Kier molecular flexibility index (Phi) is 7.74. The summed E-state index contributed by atoms with van der Waals surface area (Å²) in [4.78, 5) is 30.2. The number of nitrogens with one attached hydrogen (secondary N) is 1. The second-order valence-electron chi connectivity index (χ2n) is 6.64. The predicted molar refractivity (Wildman–Crippen MR) is 109 cm³/mol. The van der Waals surface area contributed by atoms with Crippen molar-refractivity contribution >= 4 is 23.7 Å². The number of ether oxygens (including phenoxy) is 2. The molecule has 0 spiro atoms. The third kappa shape index (κ3) is 4.43. The number of rotatable bonds is 8. The number of hydrogen-bond donors (Lipinski definition) is 1. The summed E-state index contributed by atoms with van der Waals surface area (Å²) in [6, 6.07) is 0. The van der Waals surface area contributed by atoms with Crippen LogP contribution in [0.3, 0.4) is 0 Å². The summed E-state index contributed by atoms with van der Waals surface area (Å²) >= 11 is 1.50. The van der Waals surface area contributed by atoms with E-state index in [0.29, 0.717) is 35.8 Å². The summed E-state index contributed by atoms with van der Waals surface area (Å²) < 4.78 is 12.8. The third-order valence-electron chi connectivity index (χ3n) is 4.53. The van der Waals surface area contributed by atoms with Gasteiger partial charge in [0, 0.05) is 18.4 Å². The maximum Gasteiger partial charge on any atom is 0.336 e. The number of carbonyl (C=O) groups is 2. The van der Waals surface area contributed by atoms with Gasteiger partial charge in [-0.25, -0.2) is 14.6 Å². The lowest BCUT2D eigenvalue weighted by atomic mass is 9.83. The predicted octanol–water partition coefficient (Wildman–Crippen LogP) is 3.28. The van der Waals surface area contributed by atoms with Gasteiger partial charge in [0.05, 0.1) is 42.2 Å². The molecule has 0 amide bonds. The highest BCUT2D eigenvalue weighted by Crippen LogP contribution is 2.39. The number of carbonyl (C=O) groups excluding carboxylic acids is 2. The van der Waals surface area contributed by atoms with Crippen LogP contribution < -0.4 is 5.32 Å². The first-order chi connectivity index (χ1) is 13.4. The normalized spacial score (nSPS) is 14.9. The number of nitrogens with zero attached hydrogens (tertiary/aromatic N) is 2. The number of esters is 2. The van der Waals surface area contributed by atoms with E-state index < -0.39 is 17.9 Å². The van der Waals surface area contributed by atoms with E-state index >= 15 is 0 Å². The van der Waals surface area contributed by atoms with Crippen molar-refractivity contribution in [1.82, 2.24) is 14.9 Å². The minimum Gasteiger partial charge on any atom is -0.462 e. The molecule has 8 heteroatoms. The van der Waals surface area contributed by atoms with Gasteiger partial charge in [0.25, 0.3) is 0 Å². The second kappa shape index (κ2) is 9.82. The van der Waals surface area contributed by atoms with Crippen LogP contribution in [0.5, 0.6) is 0 Å². The Morgan fingerprint density at radius 1 is 1.11 bits per heavy atom. The van der Waals surface area contributed by atoms with Gasteiger partial charge in [0.1, 0.15) is 0 Å². The van der Waals surface area contributed by atoms with Gasteiger partial charge in [-0.05, 0) is 32.9 Å². The number of thioether (sulfide) groups is 1. The molecule has 0 radical (unpaired) electrons. The van der Waals surface area contributed by atoms with Gasteiger partial charge in [-0.1, -0.05) is 25.6 Å². The van der Waals surface area contributed by atoms with Crippen LogP contribution in [0.25, 0.3) is 0 Å². The van der Waals surface area contributed by atoms with E-state index in [-0.39, 0.29) is 0 Å². The van der Waals surface area contributed by atoms with E-state index in [1.807, 2.05) is 45.6 Å². The first kappa shape index (κ1) is 22.1. The summed E-state index contributed by atoms with van der Waals surface area (Å²) in [6.07, 6.45) is 5.09. The molecule has 1 aromatic heterocycles. The maximum atomic E-state index is 12.9. The number of dihydropyridines is 1. The molecule has 1 aliphatic heterocycles. The maximum absolute atomic E-state index is 12.9.